The van der Waals surface area contributed by atoms with Crippen molar-refractivity contribution in [3.8, 4) is 11.3 Å². The van der Waals surface area contributed by atoms with Gasteiger partial charge in [-0.2, -0.15) is 5.10 Å². The fourth-order valence-electron chi connectivity index (χ4n) is 3.63. The number of fused-ring (bicyclic) bond motifs is 1. The maximum Gasteiger partial charge on any atom is 0.252 e. The lowest BCUT2D eigenvalue weighted by Crippen LogP contribution is -2.28. The summed E-state index contributed by atoms with van der Waals surface area (Å²) in [6.07, 6.45) is 0. The van der Waals surface area contributed by atoms with Crippen LogP contribution in [-0.4, -0.2) is 27.2 Å². The lowest BCUT2D eigenvalue weighted by atomic mass is 10.0. The lowest BCUT2D eigenvalue weighted by Gasteiger charge is -2.14. The minimum absolute atomic E-state index is 0.0514. The summed E-state index contributed by atoms with van der Waals surface area (Å²) in [6.45, 7) is 4.32. The van der Waals surface area contributed by atoms with Crippen LogP contribution in [0.5, 0.6) is 0 Å². The van der Waals surface area contributed by atoms with Crippen molar-refractivity contribution in [2.45, 2.75) is 19.8 Å². The number of nitrogens with zero attached hydrogens (tertiary/aromatic N) is 3. The van der Waals surface area contributed by atoms with Crippen LogP contribution in [0.3, 0.4) is 0 Å². The van der Waals surface area contributed by atoms with Crippen LogP contribution in [0, 0.1) is 12.7 Å². The summed E-state index contributed by atoms with van der Waals surface area (Å²) in [5.41, 5.74) is 4.62. The fraction of sp³-hybridized carbons (Fsp3) is 0.208. The van der Waals surface area contributed by atoms with Crippen LogP contribution in [0.1, 0.15) is 34.5 Å². The molecule has 0 saturated carbocycles. The van der Waals surface area contributed by atoms with Gasteiger partial charge in [-0.3, -0.25) is 9.48 Å². The average molecular weight is 402 g/mol. The van der Waals surface area contributed by atoms with Crippen LogP contribution in [0.25, 0.3) is 22.3 Å². The number of hydrogen-bond donors (Lipinski definition) is 1. The Morgan fingerprint density at radius 1 is 1.13 bits per heavy atom. The molecule has 152 valence electrons. The van der Waals surface area contributed by atoms with Gasteiger partial charge in [0, 0.05) is 19.2 Å². The highest BCUT2D eigenvalue weighted by atomic mass is 19.1. The fourth-order valence-corrected chi connectivity index (χ4v) is 3.63. The van der Waals surface area contributed by atoms with Crippen molar-refractivity contribution >= 4 is 16.9 Å². The molecule has 0 bridgehead atoms. The van der Waals surface area contributed by atoms with Gasteiger partial charge in [-0.25, -0.2) is 9.37 Å². The van der Waals surface area contributed by atoms with Gasteiger partial charge in [0.05, 0.1) is 22.3 Å². The number of amides is 1. The largest absolute Gasteiger partial charge is 0.351 e. The number of aryl methyl sites for hydroxylation is 2. The summed E-state index contributed by atoms with van der Waals surface area (Å²) in [7, 11) is 1.83. The number of nitrogens with one attached hydrogen (secondary N) is 1. The Bertz CT molecular complexity index is 1200. The number of hydrogen-bond acceptors (Lipinski definition) is 3. The van der Waals surface area contributed by atoms with Crippen molar-refractivity contribution < 1.29 is 9.18 Å². The summed E-state index contributed by atoms with van der Waals surface area (Å²) < 4.78 is 14.9. The van der Waals surface area contributed by atoms with Crippen molar-refractivity contribution in [3.63, 3.8) is 0 Å². The Kier molecular flexibility index (Phi) is 5.31. The molecule has 4 aromatic rings. The number of carbonyl (C=O) groups is 1. The van der Waals surface area contributed by atoms with E-state index in [0.29, 0.717) is 17.8 Å². The van der Waals surface area contributed by atoms with Gasteiger partial charge in [0.15, 0.2) is 5.65 Å². The maximum absolute atomic E-state index is 13.2. The van der Waals surface area contributed by atoms with E-state index in [4.69, 9.17) is 4.98 Å². The third-order valence-corrected chi connectivity index (χ3v) is 5.29. The van der Waals surface area contributed by atoms with Crippen LogP contribution in [-0.2, 0) is 7.05 Å². The smallest absolute Gasteiger partial charge is 0.252 e. The van der Waals surface area contributed by atoms with E-state index in [1.807, 2.05) is 57.3 Å². The summed E-state index contributed by atoms with van der Waals surface area (Å²) in [4.78, 5) is 17.9. The Balaban J connectivity index is 1.66. The van der Waals surface area contributed by atoms with Crippen molar-refractivity contribution in [2.75, 3.05) is 6.54 Å². The van der Waals surface area contributed by atoms with Gasteiger partial charge >= 0.3 is 0 Å². The SMILES string of the molecule is Cc1nn(C)c2nc(-c3ccccc3)cc(C(=O)NCC(C)c3ccc(F)cc3)c12. The molecule has 4 rings (SSSR count). The Morgan fingerprint density at radius 3 is 2.53 bits per heavy atom. The van der Waals surface area contributed by atoms with Gasteiger partial charge in [0.1, 0.15) is 5.82 Å². The summed E-state index contributed by atoms with van der Waals surface area (Å²) in [6, 6.07) is 18.0. The molecule has 0 spiro atoms. The van der Waals surface area contributed by atoms with E-state index < -0.39 is 0 Å². The minimum Gasteiger partial charge on any atom is -0.351 e. The second-order valence-electron chi connectivity index (χ2n) is 7.49. The molecule has 1 unspecified atom stereocenters. The molecule has 2 aromatic heterocycles. The molecule has 1 atom stereocenters. The number of pyridine rings is 1. The predicted molar refractivity (Wildman–Crippen MR) is 116 cm³/mol. The van der Waals surface area contributed by atoms with E-state index in [1.165, 1.54) is 12.1 Å². The zero-order chi connectivity index (χ0) is 21.3. The van der Waals surface area contributed by atoms with Crippen molar-refractivity contribution in [3.05, 3.63) is 83.3 Å². The van der Waals surface area contributed by atoms with Crippen LogP contribution in [0.2, 0.25) is 0 Å². The van der Waals surface area contributed by atoms with Crippen LogP contribution < -0.4 is 5.32 Å². The van der Waals surface area contributed by atoms with Crippen LogP contribution in [0.4, 0.5) is 4.39 Å². The first kappa shape index (κ1) is 19.8. The van der Waals surface area contributed by atoms with E-state index in [2.05, 4.69) is 10.4 Å². The predicted octanol–water partition coefficient (Wildman–Crippen LogP) is 4.62. The van der Waals surface area contributed by atoms with Gasteiger partial charge in [0.25, 0.3) is 5.91 Å². The first-order valence-corrected chi connectivity index (χ1v) is 9.87. The Labute approximate surface area is 174 Å². The number of aromatic nitrogens is 3. The highest BCUT2D eigenvalue weighted by Crippen LogP contribution is 2.27. The summed E-state index contributed by atoms with van der Waals surface area (Å²) >= 11 is 0. The Hall–Kier alpha value is -3.54. The van der Waals surface area contributed by atoms with Crippen LogP contribution >= 0.6 is 0 Å². The molecule has 0 aliphatic rings. The molecule has 30 heavy (non-hydrogen) atoms. The second kappa shape index (κ2) is 8.06. The minimum atomic E-state index is -0.269. The third kappa shape index (κ3) is 3.81. The van der Waals surface area contributed by atoms with Gasteiger partial charge in [-0.1, -0.05) is 49.4 Å². The summed E-state index contributed by atoms with van der Waals surface area (Å²) in [5, 5.41) is 8.23. The zero-order valence-corrected chi connectivity index (χ0v) is 17.2. The molecule has 1 amide bonds. The van der Waals surface area contributed by atoms with E-state index >= 15 is 0 Å². The molecule has 5 nitrogen and oxygen atoms in total. The number of rotatable bonds is 5. The number of benzene rings is 2. The molecule has 0 radical (unpaired) electrons. The van der Waals surface area contributed by atoms with Crippen molar-refractivity contribution in [2.24, 2.45) is 7.05 Å². The maximum atomic E-state index is 13.2. The van der Waals surface area contributed by atoms with Gasteiger partial charge in [-0.05, 0) is 36.6 Å². The monoisotopic (exact) mass is 402 g/mol. The van der Waals surface area contributed by atoms with Gasteiger partial charge < -0.3 is 5.32 Å². The molecular formula is C24H23FN4O. The van der Waals surface area contributed by atoms with E-state index in [0.717, 1.165) is 27.9 Å². The second-order valence-corrected chi connectivity index (χ2v) is 7.49. The molecule has 2 aromatic carbocycles. The molecule has 0 aliphatic carbocycles. The summed E-state index contributed by atoms with van der Waals surface area (Å²) in [5.74, 6) is -0.394. The normalized spacial score (nSPS) is 12.1. The van der Waals surface area contributed by atoms with E-state index in [1.54, 1.807) is 16.8 Å². The van der Waals surface area contributed by atoms with Gasteiger partial charge in [0.2, 0.25) is 0 Å². The Morgan fingerprint density at radius 2 is 1.83 bits per heavy atom. The first-order chi connectivity index (χ1) is 14.4. The first-order valence-electron chi connectivity index (χ1n) is 9.87. The van der Waals surface area contributed by atoms with Crippen LogP contribution in [0.15, 0.2) is 60.7 Å². The molecule has 2 heterocycles. The number of carbonyl (C=O) groups excluding carboxylic acids is 1. The zero-order valence-electron chi connectivity index (χ0n) is 17.2. The van der Waals surface area contributed by atoms with E-state index in [9.17, 15) is 9.18 Å². The highest BCUT2D eigenvalue weighted by Gasteiger charge is 2.19. The lowest BCUT2D eigenvalue weighted by molar-refractivity contribution is 0.0953. The molecule has 6 heteroatoms. The average Bonchev–Trinajstić information content (AvgIpc) is 3.06. The van der Waals surface area contributed by atoms with Crippen molar-refractivity contribution in [1.82, 2.24) is 20.1 Å². The molecule has 0 saturated heterocycles. The number of halogens is 1. The molecule has 0 aliphatic heterocycles. The quantitative estimate of drug-likeness (QED) is 0.530. The van der Waals surface area contributed by atoms with Gasteiger partial charge in [-0.15, -0.1) is 0 Å². The topological polar surface area (TPSA) is 59.8 Å². The molecule has 0 fully saturated rings. The standard InChI is InChI=1S/C24H23FN4O/c1-15(17-9-11-19(25)12-10-17)14-26-24(30)20-13-21(18-7-5-4-6-8-18)27-23-22(20)16(2)28-29(23)3/h4-13,15H,14H2,1-3H3,(H,26,30). The van der Waals surface area contributed by atoms with E-state index in [-0.39, 0.29) is 17.6 Å². The molecule has 1 N–H and O–H groups in total. The molecular weight excluding hydrogens is 379 g/mol. The van der Waals surface area contributed by atoms with Crippen molar-refractivity contribution in [1.29, 1.82) is 0 Å². The highest BCUT2D eigenvalue weighted by molar-refractivity contribution is 6.07. The third-order valence-electron chi connectivity index (χ3n) is 5.29.